The monoisotopic (exact) mass is 564 g/mol. The Kier molecular flexibility index (Phi) is 5.67. The number of thioether (sulfide) groups is 1. The third kappa shape index (κ3) is 3.92. The molecule has 0 aromatic heterocycles. The summed E-state index contributed by atoms with van der Waals surface area (Å²) in [5.74, 6) is 0.368. The van der Waals surface area contributed by atoms with Gasteiger partial charge >= 0.3 is 0 Å². The minimum absolute atomic E-state index is 0.355. The Morgan fingerprint density at radius 2 is 1.02 bits per heavy atom. The summed E-state index contributed by atoms with van der Waals surface area (Å²) in [4.78, 5) is 1.42. The molecular formula is C42H28S. The molecule has 7 aromatic carbocycles. The van der Waals surface area contributed by atoms with Crippen molar-refractivity contribution in [2.24, 2.45) is 0 Å². The Morgan fingerprint density at radius 1 is 0.442 bits per heavy atom. The van der Waals surface area contributed by atoms with Gasteiger partial charge in [-0.25, -0.2) is 0 Å². The molecule has 1 aliphatic heterocycles. The quantitative estimate of drug-likeness (QED) is 0.192. The van der Waals surface area contributed by atoms with E-state index >= 15 is 0 Å². The van der Waals surface area contributed by atoms with Crippen molar-refractivity contribution < 1.29 is 0 Å². The highest BCUT2D eigenvalue weighted by Gasteiger charge is 2.37. The molecule has 0 bridgehead atoms. The molecule has 2 atom stereocenters. The first-order valence-electron chi connectivity index (χ1n) is 15.0. The molecule has 9 rings (SSSR count). The molecule has 0 radical (unpaired) electrons. The fourth-order valence-electron chi connectivity index (χ4n) is 7.20. The summed E-state index contributed by atoms with van der Waals surface area (Å²) < 4.78 is 0. The number of hydrogen-bond acceptors (Lipinski definition) is 1. The SMILES string of the molecule is C1=CC2c3cccc(-c4ccc(-c5ccccc5)cc4)c3SC2C(c2ccc3c4ccccc4c4ccccc4c3c2)=C1. The first-order chi connectivity index (χ1) is 21.3. The maximum Gasteiger partial charge on any atom is 0.0454 e. The van der Waals surface area contributed by atoms with Gasteiger partial charge in [-0.3, -0.25) is 0 Å². The Hall–Kier alpha value is -4.85. The van der Waals surface area contributed by atoms with Gasteiger partial charge in [-0.05, 0) is 77.3 Å². The summed E-state index contributed by atoms with van der Waals surface area (Å²) in [5, 5.41) is 8.31. The van der Waals surface area contributed by atoms with Gasteiger partial charge in [-0.1, -0.05) is 152 Å². The lowest BCUT2D eigenvalue weighted by Crippen LogP contribution is -2.13. The third-order valence-electron chi connectivity index (χ3n) is 9.26. The first kappa shape index (κ1) is 24.7. The van der Waals surface area contributed by atoms with E-state index in [2.05, 4.69) is 158 Å². The lowest BCUT2D eigenvalue weighted by molar-refractivity contribution is 0.894. The van der Waals surface area contributed by atoms with Crippen LogP contribution >= 0.6 is 11.8 Å². The summed E-state index contributed by atoms with van der Waals surface area (Å²) in [7, 11) is 0. The highest BCUT2D eigenvalue weighted by Crippen LogP contribution is 2.55. The molecule has 0 saturated heterocycles. The molecule has 7 aromatic rings. The van der Waals surface area contributed by atoms with Crippen LogP contribution in [0.15, 0.2) is 163 Å². The number of rotatable bonds is 3. The van der Waals surface area contributed by atoms with Crippen LogP contribution in [0.2, 0.25) is 0 Å². The van der Waals surface area contributed by atoms with Crippen LogP contribution in [0.1, 0.15) is 17.0 Å². The third-order valence-corrected chi connectivity index (χ3v) is 10.7. The van der Waals surface area contributed by atoms with Gasteiger partial charge < -0.3 is 0 Å². The molecule has 2 unspecified atom stereocenters. The lowest BCUT2D eigenvalue weighted by Gasteiger charge is -2.24. The standard InChI is InChI=1S/C42H28S/c1-2-10-27(11-3-1)28-20-22-29(23-21-28)31-16-8-18-38-39-19-9-17-32(42(39)43-41(31)38)30-24-25-37-35-14-5-4-12-33(35)34-13-6-7-15-36(34)40(37)26-30/h1-26,39,42H. The van der Waals surface area contributed by atoms with Crippen LogP contribution in [0.5, 0.6) is 0 Å². The van der Waals surface area contributed by atoms with Crippen LogP contribution in [0.25, 0.3) is 60.1 Å². The Labute approximate surface area is 256 Å². The fourth-order valence-corrected chi connectivity index (χ4v) is 8.83. The van der Waals surface area contributed by atoms with Crippen molar-refractivity contribution >= 4 is 49.7 Å². The predicted molar refractivity (Wildman–Crippen MR) is 186 cm³/mol. The van der Waals surface area contributed by atoms with Crippen molar-refractivity contribution in [1.82, 2.24) is 0 Å². The predicted octanol–water partition coefficient (Wildman–Crippen LogP) is 11.7. The van der Waals surface area contributed by atoms with Crippen LogP contribution in [0, 0.1) is 0 Å². The number of hydrogen-bond donors (Lipinski definition) is 0. The van der Waals surface area contributed by atoms with E-state index in [-0.39, 0.29) is 0 Å². The lowest BCUT2D eigenvalue weighted by atomic mass is 9.83. The second-order valence-corrected chi connectivity index (χ2v) is 12.7. The van der Waals surface area contributed by atoms with Gasteiger partial charge in [0, 0.05) is 16.1 Å². The van der Waals surface area contributed by atoms with Crippen molar-refractivity contribution in [3.8, 4) is 22.3 Å². The highest BCUT2D eigenvalue weighted by atomic mass is 32.2. The van der Waals surface area contributed by atoms with E-state index in [1.54, 1.807) is 0 Å². The molecule has 0 amide bonds. The van der Waals surface area contributed by atoms with Crippen LogP contribution < -0.4 is 0 Å². The molecule has 1 heteroatoms. The molecule has 1 heterocycles. The second kappa shape index (κ2) is 9.87. The van der Waals surface area contributed by atoms with Crippen LogP contribution in [-0.2, 0) is 0 Å². The van der Waals surface area contributed by atoms with Crippen molar-refractivity contribution in [3.05, 3.63) is 169 Å². The van der Waals surface area contributed by atoms with E-state index in [1.165, 1.54) is 76.2 Å². The van der Waals surface area contributed by atoms with Crippen molar-refractivity contribution in [2.45, 2.75) is 16.1 Å². The van der Waals surface area contributed by atoms with E-state index in [9.17, 15) is 0 Å². The second-order valence-electron chi connectivity index (χ2n) is 11.6. The minimum Gasteiger partial charge on any atom is -0.116 e. The van der Waals surface area contributed by atoms with E-state index in [0.717, 1.165) is 0 Å². The average Bonchev–Trinajstić information content (AvgIpc) is 3.48. The Balaban J connectivity index is 1.12. The van der Waals surface area contributed by atoms with Crippen molar-refractivity contribution in [3.63, 3.8) is 0 Å². The van der Waals surface area contributed by atoms with Gasteiger partial charge in [0.15, 0.2) is 0 Å². The number of allylic oxidation sites excluding steroid dienone is 3. The van der Waals surface area contributed by atoms with Gasteiger partial charge in [0.2, 0.25) is 0 Å². The van der Waals surface area contributed by atoms with Gasteiger partial charge in [0.25, 0.3) is 0 Å². The fraction of sp³-hybridized carbons (Fsp3) is 0.0476. The topological polar surface area (TPSA) is 0 Å². The van der Waals surface area contributed by atoms with Crippen LogP contribution in [0.4, 0.5) is 0 Å². The molecular weight excluding hydrogens is 537 g/mol. The number of fused-ring (bicyclic) bond motifs is 9. The largest absolute Gasteiger partial charge is 0.116 e. The molecule has 1 aliphatic carbocycles. The summed E-state index contributed by atoms with van der Waals surface area (Å²) >= 11 is 2.04. The summed E-state index contributed by atoms with van der Waals surface area (Å²) in [5.41, 5.74) is 9.30. The van der Waals surface area contributed by atoms with E-state index in [4.69, 9.17) is 0 Å². The number of benzene rings is 7. The van der Waals surface area contributed by atoms with E-state index in [1.807, 2.05) is 11.8 Å². The molecule has 0 saturated carbocycles. The van der Waals surface area contributed by atoms with E-state index < -0.39 is 0 Å². The molecule has 0 N–H and O–H groups in total. The van der Waals surface area contributed by atoms with Gasteiger partial charge in [0.1, 0.15) is 0 Å². The van der Waals surface area contributed by atoms with Gasteiger partial charge in [-0.2, -0.15) is 0 Å². The van der Waals surface area contributed by atoms with Crippen LogP contribution in [0.3, 0.4) is 0 Å². The zero-order valence-corrected chi connectivity index (χ0v) is 24.4. The van der Waals surface area contributed by atoms with Crippen molar-refractivity contribution in [2.75, 3.05) is 0 Å². The highest BCUT2D eigenvalue weighted by molar-refractivity contribution is 8.01. The molecule has 2 aliphatic rings. The zero-order valence-electron chi connectivity index (χ0n) is 23.6. The maximum absolute atomic E-state index is 2.44. The average molecular weight is 565 g/mol. The summed E-state index contributed by atoms with van der Waals surface area (Å²) in [6.45, 7) is 0. The van der Waals surface area contributed by atoms with Gasteiger partial charge in [0.05, 0.1) is 0 Å². The molecule has 0 fully saturated rings. The minimum atomic E-state index is 0.355. The first-order valence-corrected chi connectivity index (χ1v) is 15.9. The normalized spacial score (nSPS) is 17.3. The Morgan fingerprint density at radius 3 is 1.74 bits per heavy atom. The summed E-state index contributed by atoms with van der Waals surface area (Å²) in [6.07, 6.45) is 7.02. The Bertz CT molecular complexity index is 2220. The van der Waals surface area contributed by atoms with Gasteiger partial charge in [-0.15, -0.1) is 11.8 Å². The molecule has 43 heavy (non-hydrogen) atoms. The van der Waals surface area contributed by atoms with Crippen molar-refractivity contribution in [1.29, 1.82) is 0 Å². The maximum atomic E-state index is 2.44. The van der Waals surface area contributed by atoms with Crippen LogP contribution in [-0.4, -0.2) is 5.25 Å². The molecule has 202 valence electrons. The zero-order chi connectivity index (χ0) is 28.3. The summed E-state index contributed by atoms with van der Waals surface area (Å²) in [6, 6.07) is 51.4. The molecule has 0 nitrogen and oxygen atoms in total. The molecule has 0 spiro atoms. The van der Waals surface area contributed by atoms with E-state index in [0.29, 0.717) is 11.2 Å². The smallest absolute Gasteiger partial charge is 0.0454 e.